The first-order valence-electron chi connectivity index (χ1n) is 10.9. The number of rotatable bonds is 5. The van der Waals surface area contributed by atoms with Crippen molar-refractivity contribution in [3.8, 4) is 17.0 Å². The van der Waals surface area contributed by atoms with E-state index in [-0.39, 0.29) is 11.9 Å². The van der Waals surface area contributed by atoms with E-state index in [2.05, 4.69) is 17.4 Å². The quantitative estimate of drug-likeness (QED) is 0.477. The van der Waals surface area contributed by atoms with Crippen molar-refractivity contribution in [3.63, 3.8) is 0 Å². The predicted octanol–water partition coefficient (Wildman–Crippen LogP) is 5.24. The summed E-state index contributed by atoms with van der Waals surface area (Å²) in [6.45, 7) is 1.42. The highest BCUT2D eigenvalue weighted by Crippen LogP contribution is 2.28. The van der Waals surface area contributed by atoms with Crippen molar-refractivity contribution < 1.29 is 9.53 Å². The molecule has 1 aliphatic rings. The number of para-hydroxylation sites is 2. The highest BCUT2D eigenvalue weighted by Gasteiger charge is 2.28. The number of nitrogens with one attached hydrogen (secondary N) is 1. The summed E-state index contributed by atoms with van der Waals surface area (Å²) in [4.78, 5) is 20.4. The van der Waals surface area contributed by atoms with E-state index in [9.17, 15) is 4.79 Å². The standard InChI is InChI=1S/C27H25N3O2/c1-32-22-13-11-19(12-14-22)26-17-24(23-9-5-6-10-25(23)29-26)27(31)30-16-15-21(18-30)28-20-7-3-2-4-8-20/h2-14,17,21,28H,15-16,18H2,1H3. The first-order chi connectivity index (χ1) is 15.7. The molecule has 1 unspecified atom stereocenters. The lowest BCUT2D eigenvalue weighted by Crippen LogP contribution is -2.31. The molecule has 4 aromatic rings. The maximum Gasteiger partial charge on any atom is 0.254 e. The van der Waals surface area contributed by atoms with Gasteiger partial charge in [-0.2, -0.15) is 0 Å². The third-order valence-electron chi connectivity index (χ3n) is 5.95. The second-order valence-corrected chi connectivity index (χ2v) is 8.05. The van der Waals surface area contributed by atoms with Crippen molar-refractivity contribution in [1.82, 2.24) is 9.88 Å². The number of amides is 1. The van der Waals surface area contributed by atoms with E-state index in [1.807, 2.05) is 77.7 Å². The molecule has 5 heteroatoms. The number of carbonyl (C=O) groups excluding carboxylic acids is 1. The van der Waals surface area contributed by atoms with E-state index in [0.717, 1.165) is 46.6 Å². The summed E-state index contributed by atoms with van der Waals surface area (Å²) in [6, 6.07) is 27.9. The van der Waals surface area contributed by atoms with Crippen molar-refractivity contribution in [1.29, 1.82) is 0 Å². The second kappa shape index (κ2) is 8.71. The Bertz CT molecular complexity index is 1240. The lowest BCUT2D eigenvalue weighted by molar-refractivity contribution is 0.0793. The number of benzene rings is 3. The van der Waals surface area contributed by atoms with Crippen molar-refractivity contribution in [2.45, 2.75) is 12.5 Å². The van der Waals surface area contributed by atoms with Gasteiger partial charge in [0.25, 0.3) is 5.91 Å². The third-order valence-corrected chi connectivity index (χ3v) is 5.95. The van der Waals surface area contributed by atoms with Gasteiger partial charge in [0, 0.05) is 35.8 Å². The van der Waals surface area contributed by atoms with Crippen molar-refractivity contribution >= 4 is 22.5 Å². The zero-order chi connectivity index (χ0) is 21.9. The molecule has 160 valence electrons. The summed E-state index contributed by atoms with van der Waals surface area (Å²) < 4.78 is 5.27. The van der Waals surface area contributed by atoms with Gasteiger partial charge in [-0.05, 0) is 55.0 Å². The lowest BCUT2D eigenvalue weighted by Gasteiger charge is -2.19. The second-order valence-electron chi connectivity index (χ2n) is 8.05. The number of methoxy groups -OCH3 is 1. The van der Waals surface area contributed by atoms with Gasteiger partial charge in [-0.1, -0.05) is 36.4 Å². The molecule has 2 heterocycles. The van der Waals surface area contributed by atoms with Crippen LogP contribution in [0.3, 0.4) is 0 Å². The Morgan fingerprint density at radius 1 is 1.00 bits per heavy atom. The average Bonchev–Trinajstić information content (AvgIpc) is 3.32. The fourth-order valence-electron chi connectivity index (χ4n) is 4.26. The highest BCUT2D eigenvalue weighted by molar-refractivity contribution is 6.07. The SMILES string of the molecule is COc1ccc(-c2cc(C(=O)N3CCC(Nc4ccccc4)C3)c3ccccc3n2)cc1. The number of hydrogen-bond acceptors (Lipinski definition) is 4. The fraction of sp³-hybridized carbons (Fsp3) is 0.185. The van der Waals surface area contributed by atoms with Crippen LogP contribution in [-0.4, -0.2) is 42.0 Å². The Kier molecular flexibility index (Phi) is 5.46. The fourth-order valence-corrected chi connectivity index (χ4v) is 4.26. The van der Waals surface area contributed by atoms with Crippen molar-refractivity contribution in [2.75, 3.05) is 25.5 Å². The van der Waals surface area contributed by atoms with Crippen LogP contribution in [0.1, 0.15) is 16.8 Å². The predicted molar refractivity (Wildman–Crippen MR) is 128 cm³/mol. The monoisotopic (exact) mass is 423 g/mol. The average molecular weight is 424 g/mol. The van der Waals surface area contributed by atoms with E-state index < -0.39 is 0 Å². The van der Waals surface area contributed by atoms with Gasteiger partial charge in [0.15, 0.2) is 0 Å². The molecule has 1 amide bonds. The first-order valence-corrected chi connectivity index (χ1v) is 10.9. The minimum Gasteiger partial charge on any atom is -0.497 e. The summed E-state index contributed by atoms with van der Waals surface area (Å²) in [5.74, 6) is 0.843. The van der Waals surface area contributed by atoms with E-state index in [1.54, 1.807) is 7.11 Å². The van der Waals surface area contributed by atoms with Gasteiger partial charge < -0.3 is 15.0 Å². The summed E-state index contributed by atoms with van der Waals surface area (Å²) in [6.07, 6.45) is 0.926. The summed E-state index contributed by atoms with van der Waals surface area (Å²) in [5, 5.41) is 4.43. The molecule has 0 saturated carbocycles. The van der Waals surface area contributed by atoms with E-state index in [0.29, 0.717) is 12.1 Å². The molecule has 3 aromatic carbocycles. The third kappa shape index (κ3) is 4.02. The van der Waals surface area contributed by atoms with Gasteiger partial charge in [0.2, 0.25) is 0 Å². The minimum absolute atomic E-state index is 0.0516. The molecular formula is C27H25N3O2. The van der Waals surface area contributed by atoms with Crippen LogP contribution in [0.5, 0.6) is 5.75 Å². The molecule has 1 aromatic heterocycles. The molecule has 1 N–H and O–H groups in total. The Balaban J connectivity index is 1.44. The number of aromatic nitrogens is 1. The molecule has 0 bridgehead atoms. The molecule has 1 atom stereocenters. The molecule has 5 nitrogen and oxygen atoms in total. The van der Waals surface area contributed by atoms with Crippen molar-refractivity contribution in [3.05, 3.63) is 90.5 Å². The molecule has 0 aliphatic carbocycles. The Labute approximate surface area is 187 Å². The van der Waals surface area contributed by atoms with Crippen LogP contribution in [0.2, 0.25) is 0 Å². The maximum absolute atomic E-state index is 13.6. The molecule has 1 aliphatic heterocycles. The van der Waals surface area contributed by atoms with E-state index >= 15 is 0 Å². The minimum atomic E-state index is 0.0516. The largest absolute Gasteiger partial charge is 0.497 e. The van der Waals surface area contributed by atoms with Crippen molar-refractivity contribution in [2.24, 2.45) is 0 Å². The Hall–Kier alpha value is -3.86. The van der Waals surface area contributed by atoms with Crippen LogP contribution < -0.4 is 10.1 Å². The molecule has 1 fully saturated rings. The summed E-state index contributed by atoms with van der Waals surface area (Å²) in [7, 11) is 1.65. The van der Waals surface area contributed by atoms with Crippen LogP contribution >= 0.6 is 0 Å². The number of carbonyl (C=O) groups is 1. The van der Waals surface area contributed by atoms with Crippen LogP contribution in [0.4, 0.5) is 5.69 Å². The first kappa shape index (κ1) is 20.1. The molecule has 0 radical (unpaired) electrons. The number of pyridine rings is 1. The number of nitrogens with zero attached hydrogens (tertiary/aromatic N) is 2. The molecule has 32 heavy (non-hydrogen) atoms. The van der Waals surface area contributed by atoms with E-state index in [4.69, 9.17) is 9.72 Å². The number of hydrogen-bond donors (Lipinski definition) is 1. The van der Waals surface area contributed by atoms with Gasteiger partial charge in [-0.15, -0.1) is 0 Å². The molecule has 0 spiro atoms. The number of fused-ring (bicyclic) bond motifs is 1. The van der Waals surface area contributed by atoms with Gasteiger partial charge in [0.05, 0.1) is 23.9 Å². The summed E-state index contributed by atoms with van der Waals surface area (Å²) >= 11 is 0. The number of likely N-dealkylation sites (tertiary alicyclic amines) is 1. The van der Waals surface area contributed by atoms with Crippen LogP contribution in [0.25, 0.3) is 22.2 Å². The zero-order valence-electron chi connectivity index (χ0n) is 18.0. The highest BCUT2D eigenvalue weighted by atomic mass is 16.5. The van der Waals surface area contributed by atoms with E-state index in [1.165, 1.54) is 0 Å². The van der Waals surface area contributed by atoms with Crippen LogP contribution in [0.15, 0.2) is 84.9 Å². The molecular weight excluding hydrogens is 398 g/mol. The molecule has 1 saturated heterocycles. The zero-order valence-corrected chi connectivity index (χ0v) is 18.0. The Morgan fingerprint density at radius 3 is 2.53 bits per heavy atom. The normalized spacial score (nSPS) is 15.7. The topological polar surface area (TPSA) is 54.5 Å². The number of anilines is 1. The molecule has 5 rings (SSSR count). The van der Waals surface area contributed by atoms with Gasteiger partial charge >= 0.3 is 0 Å². The van der Waals surface area contributed by atoms with Crippen LogP contribution in [0, 0.1) is 0 Å². The number of ether oxygens (including phenoxy) is 1. The van der Waals surface area contributed by atoms with Gasteiger partial charge in [-0.3, -0.25) is 4.79 Å². The van der Waals surface area contributed by atoms with Gasteiger partial charge in [-0.25, -0.2) is 4.98 Å². The lowest BCUT2D eigenvalue weighted by atomic mass is 10.0. The smallest absolute Gasteiger partial charge is 0.254 e. The van der Waals surface area contributed by atoms with Crippen LogP contribution in [-0.2, 0) is 0 Å². The van der Waals surface area contributed by atoms with Gasteiger partial charge in [0.1, 0.15) is 5.75 Å². The Morgan fingerprint density at radius 2 is 1.75 bits per heavy atom. The maximum atomic E-state index is 13.6. The summed E-state index contributed by atoms with van der Waals surface area (Å²) in [5.41, 5.74) is 4.34.